The molecule has 0 bridgehead atoms. The number of aromatic nitrogens is 3. The second kappa shape index (κ2) is 8.77. The lowest BCUT2D eigenvalue weighted by Crippen LogP contribution is -2.16. The molecular weight excluding hydrogens is 502 g/mol. The monoisotopic (exact) mass is 514 g/mol. The minimum absolute atomic E-state index is 0.0353. The zero-order valence-corrected chi connectivity index (χ0v) is 18.3. The first-order chi connectivity index (χ1) is 16.4. The van der Waals surface area contributed by atoms with E-state index >= 15 is 0 Å². The van der Waals surface area contributed by atoms with Gasteiger partial charge >= 0.3 is 12.4 Å². The molecule has 0 saturated heterocycles. The molecule has 4 aromatic rings. The number of nitrogens with zero attached hydrogens (tertiary/aromatic N) is 3. The van der Waals surface area contributed by atoms with E-state index in [1.165, 1.54) is 19.2 Å². The second-order valence-electron chi connectivity index (χ2n) is 7.20. The molecule has 0 aliphatic heterocycles. The van der Waals surface area contributed by atoms with Crippen molar-refractivity contribution in [3.05, 3.63) is 76.6 Å². The third-order valence-electron chi connectivity index (χ3n) is 4.87. The van der Waals surface area contributed by atoms with Gasteiger partial charge in [0, 0.05) is 17.3 Å². The molecule has 0 unspecified atom stereocenters. The fourth-order valence-electron chi connectivity index (χ4n) is 3.21. The van der Waals surface area contributed by atoms with Gasteiger partial charge in [0.2, 0.25) is 0 Å². The predicted molar refractivity (Wildman–Crippen MR) is 114 cm³/mol. The molecule has 182 valence electrons. The highest BCUT2D eigenvalue weighted by molar-refractivity contribution is 6.31. The number of carbonyl (C=O) groups is 1. The van der Waals surface area contributed by atoms with Crippen LogP contribution in [0, 0.1) is 0 Å². The van der Waals surface area contributed by atoms with Gasteiger partial charge < -0.3 is 10.1 Å². The molecule has 0 saturated carbocycles. The van der Waals surface area contributed by atoms with Crippen molar-refractivity contribution >= 4 is 28.8 Å². The average molecular weight is 515 g/mol. The fourth-order valence-corrected chi connectivity index (χ4v) is 3.44. The number of alkyl halides is 6. The molecule has 6 nitrogen and oxygen atoms in total. The van der Waals surface area contributed by atoms with Gasteiger partial charge in [-0.25, -0.2) is 9.50 Å². The van der Waals surface area contributed by atoms with Gasteiger partial charge in [-0.15, -0.1) is 0 Å². The van der Waals surface area contributed by atoms with Crippen LogP contribution in [0.5, 0.6) is 5.75 Å². The number of anilines is 1. The van der Waals surface area contributed by atoms with Crippen molar-refractivity contribution in [1.82, 2.24) is 14.6 Å². The number of nitrogens with one attached hydrogen (secondary N) is 1. The Balaban J connectivity index is 1.73. The van der Waals surface area contributed by atoms with Crippen LogP contribution in [-0.4, -0.2) is 27.6 Å². The van der Waals surface area contributed by atoms with Crippen molar-refractivity contribution in [3.63, 3.8) is 0 Å². The van der Waals surface area contributed by atoms with Crippen LogP contribution in [0.1, 0.15) is 21.7 Å². The van der Waals surface area contributed by atoms with Crippen molar-refractivity contribution in [2.24, 2.45) is 0 Å². The number of hydrogen-bond donors (Lipinski definition) is 1. The summed E-state index contributed by atoms with van der Waals surface area (Å²) in [4.78, 5) is 16.7. The van der Waals surface area contributed by atoms with Crippen LogP contribution < -0.4 is 10.1 Å². The van der Waals surface area contributed by atoms with Gasteiger partial charge in [-0.3, -0.25) is 4.79 Å². The first kappa shape index (κ1) is 24.3. The summed E-state index contributed by atoms with van der Waals surface area (Å²) in [5.74, 6) is -0.546. The molecule has 0 fully saturated rings. The standard InChI is InChI=1S/C22H13ClF6N4O2/c1-35-13-5-2-11(3-6-13)16-9-18(22(27,28)29)33-19(31-16)10-17(32-33)20(34)30-12-4-7-15(23)14(8-12)21(24,25)26/h2-10H,1H3,(H,30,34). The van der Waals surface area contributed by atoms with Gasteiger partial charge in [0.15, 0.2) is 17.0 Å². The average Bonchev–Trinajstić information content (AvgIpc) is 3.22. The molecule has 1 N–H and O–H groups in total. The summed E-state index contributed by atoms with van der Waals surface area (Å²) >= 11 is 5.56. The summed E-state index contributed by atoms with van der Waals surface area (Å²) in [5.41, 5.74) is -3.11. The summed E-state index contributed by atoms with van der Waals surface area (Å²) in [5, 5.41) is 5.28. The second-order valence-corrected chi connectivity index (χ2v) is 7.61. The molecule has 13 heteroatoms. The van der Waals surface area contributed by atoms with Crippen molar-refractivity contribution in [3.8, 4) is 17.0 Å². The molecule has 0 atom stereocenters. The number of ether oxygens (including phenoxy) is 1. The summed E-state index contributed by atoms with van der Waals surface area (Å²) in [6, 6.07) is 10.6. The Bertz CT molecular complexity index is 1410. The Morgan fingerprint density at radius 2 is 1.66 bits per heavy atom. The Kier molecular flexibility index (Phi) is 6.09. The van der Waals surface area contributed by atoms with E-state index in [9.17, 15) is 31.1 Å². The minimum Gasteiger partial charge on any atom is -0.497 e. The van der Waals surface area contributed by atoms with Gasteiger partial charge in [0.1, 0.15) is 5.75 Å². The number of hydrogen-bond acceptors (Lipinski definition) is 4. The van der Waals surface area contributed by atoms with Crippen LogP contribution in [0.15, 0.2) is 54.6 Å². The smallest absolute Gasteiger partial charge is 0.433 e. The van der Waals surface area contributed by atoms with E-state index in [-0.39, 0.29) is 17.0 Å². The molecule has 4 rings (SSSR count). The molecule has 0 radical (unpaired) electrons. The molecule has 35 heavy (non-hydrogen) atoms. The highest BCUT2D eigenvalue weighted by atomic mass is 35.5. The van der Waals surface area contributed by atoms with Gasteiger partial charge in [0.05, 0.1) is 23.4 Å². The quantitative estimate of drug-likeness (QED) is 0.322. The van der Waals surface area contributed by atoms with Gasteiger partial charge in [0.25, 0.3) is 5.91 Å². The van der Waals surface area contributed by atoms with Gasteiger partial charge in [-0.1, -0.05) is 11.6 Å². The minimum atomic E-state index is -4.85. The normalized spacial score (nSPS) is 12.1. The largest absolute Gasteiger partial charge is 0.497 e. The molecule has 2 aromatic carbocycles. The molecule has 1 amide bonds. The first-order valence-electron chi connectivity index (χ1n) is 9.67. The maximum Gasteiger partial charge on any atom is 0.433 e. The molecule has 0 aliphatic carbocycles. The van der Waals surface area contributed by atoms with Crippen LogP contribution in [0.2, 0.25) is 5.02 Å². The number of rotatable bonds is 4. The summed E-state index contributed by atoms with van der Waals surface area (Å²) < 4.78 is 86.0. The topological polar surface area (TPSA) is 68.5 Å². The van der Waals surface area contributed by atoms with Crippen molar-refractivity contribution in [2.75, 3.05) is 12.4 Å². The number of fused-ring (bicyclic) bond motifs is 1. The maximum atomic E-state index is 13.8. The maximum absolute atomic E-state index is 13.8. The molecule has 0 aliphatic rings. The van der Waals surface area contributed by atoms with E-state index < -0.39 is 40.2 Å². The lowest BCUT2D eigenvalue weighted by molar-refractivity contribution is -0.142. The molecule has 0 spiro atoms. The Labute approximate surface area is 198 Å². The Morgan fingerprint density at radius 1 is 0.971 bits per heavy atom. The third kappa shape index (κ3) is 5.02. The molecule has 2 aromatic heterocycles. The Morgan fingerprint density at radius 3 is 2.26 bits per heavy atom. The van der Waals surface area contributed by atoms with Crippen LogP contribution in [0.3, 0.4) is 0 Å². The van der Waals surface area contributed by atoms with Crippen LogP contribution in [-0.2, 0) is 12.4 Å². The highest BCUT2D eigenvalue weighted by Crippen LogP contribution is 2.36. The first-order valence-corrected chi connectivity index (χ1v) is 10.0. The fraction of sp³-hybridized carbons (Fsp3) is 0.136. The van der Waals surface area contributed by atoms with Crippen molar-refractivity contribution in [2.45, 2.75) is 12.4 Å². The lowest BCUT2D eigenvalue weighted by atomic mass is 10.1. The SMILES string of the molecule is COc1ccc(-c2cc(C(F)(F)F)n3nc(C(=O)Nc4ccc(Cl)c(C(F)(F)F)c4)cc3n2)cc1. The predicted octanol–water partition coefficient (Wildman–Crippen LogP) is 6.35. The van der Waals surface area contributed by atoms with E-state index in [0.717, 1.165) is 24.3 Å². The summed E-state index contributed by atoms with van der Waals surface area (Å²) in [6.45, 7) is 0. The lowest BCUT2D eigenvalue weighted by Gasteiger charge is -2.11. The number of benzene rings is 2. The Hall–Kier alpha value is -3.80. The third-order valence-corrected chi connectivity index (χ3v) is 5.20. The number of carbonyl (C=O) groups excluding carboxylic acids is 1. The van der Waals surface area contributed by atoms with Gasteiger partial charge in [-0.2, -0.15) is 31.4 Å². The van der Waals surface area contributed by atoms with E-state index in [2.05, 4.69) is 15.4 Å². The van der Waals surface area contributed by atoms with E-state index in [4.69, 9.17) is 16.3 Å². The summed E-state index contributed by atoms with van der Waals surface area (Å²) in [6.07, 6.45) is -9.62. The number of amides is 1. The summed E-state index contributed by atoms with van der Waals surface area (Å²) in [7, 11) is 1.44. The van der Waals surface area contributed by atoms with E-state index in [1.807, 2.05) is 0 Å². The number of halogens is 7. The van der Waals surface area contributed by atoms with Crippen LogP contribution >= 0.6 is 11.6 Å². The van der Waals surface area contributed by atoms with Crippen LogP contribution in [0.25, 0.3) is 16.9 Å². The van der Waals surface area contributed by atoms with Crippen LogP contribution in [0.4, 0.5) is 32.0 Å². The zero-order valence-electron chi connectivity index (χ0n) is 17.5. The zero-order chi connectivity index (χ0) is 25.5. The molecular formula is C22H13ClF6N4O2. The molecule has 2 heterocycles. The highest BCUT2D eigenvalue weighted by Gasteiger charge is 2.36. The van der Waals surface area contributed by atoms with E-state index in [0.29, 0.717) is 21.9 Å². The van der Waals surface area contributed by atoms with Crippen molar-refractivity contribution in [1.29, 1.82) is 0 Å². The van der Waals surface area contributed by atoms with E-state index in [1.54, 1.807) is 12.1 Å². The van der Waals surface area contributed by atoms with Crippen molar-refractivity contribution < 1.29 is 35.9 Å². The van der Waals surface area contributed by atoms with Gasteiger partial charge in [-0.05, 0) is 48.5 Å². The number of methoxy groups -OCH3 is 1.